The van der Waals surface area contributed by atoms with E-state index < -0.39 is 0 Å². The Bertz CT molecular complexity index is 840. The van der Waals surface area contributed by atoms with E-state index in [0.29, 0.717) is 31.4 Å². The Kier molecular flexibility index (Phi) is 8.85. The van der Waals surface area contributed by atoms with Gasteiger partial charge in [0, 0.05) is 31.0 Å². The second-order valence-electron chi connectivity index (χ2n) is 8.64. The summed E-state index contributed by atoms with van der Waals surface area (Å²) < 4.78 is 6.22. The Hall–Kier alpha value is -1.98. The lowest BCUT2D eigenvalue weighted by Crippen LogP contribution is -2.34. The van der Waals surface area contributed by atoms with Gasteiger partial charge in [0.25, 0.3) is 0 Å². The fourth-order valence-electron chi connectivity index (χ4n) is 3.92. The highest BCUT2D eigenvalue weighted by molar-refractivity contribution is 7.99. The van der Waals surface area contributed by atoms with Crippen LogP contribution in [0, 0.1) is 0 Å². The average Bonchev–Trinajstić information content (AvgIpc) is 2.98. The lowest BCUT2D eigenvalue weighted by Gasteiger charge is -2.22. The molecule has 5 heteroatoms. The molecule has 2 aromatic carbocycles. The zero-order valence-corrected chi connectivity index (χ0v) is 20.1. The van der Waals surface area contributed by atoms with Gasteiger partial charge < -0.3 is 15.0 Å². The molecule has 1 N–H and O–H groups in total. The number of hydrogen-bond acceptors (Lipinski definition) is 4. The van der Waals surface area contributed by atoms with Crippen molar-refractivity contribution >= 4 is 23.4 Å². The topological polar surface area (TPSA) is 41.6 Å². The molecule has 0 unspecified atom stereocenters. The minimum absolute atomic E-state index is 0.190. The Morgan fingerprint density at radius 3 is 2.45 bits per heavy atom. The molecule has 3 rings (SSSR count). The number of amides is 1. The lowest BCUT2D eigenvalue weighted by atomic mass is 9.94. The van der Waals surface area contributed by atoms with E-state index in [1.807, 2.05) is 28.8 Å². The minimum Gasteiger partial charge on any atom is -0.492 e. The molecule has 1 aliphatic rings. The van der Waals surface area contributed by atoms with Crippen molar-refractivity contribution < 1.29 is 9.53 Å². The predicted octanol–water partition coefficient (Wildman–Crippen LogP) is 5.82. The first-order valence-corrected chi connectivity index (χ1v) is 12.5. The van der Waals surface area contributed by atoms with Gasteiger partial charge in [-0.25, -0.2) is 0 Å². The van der Waals surface area contributed by atoms with E-state index in [0.717, 1.165) is 36.7 Å². The van der Waals surface area contributed by atoms with Gasteiger partial charge in [0.05, 0.1) is 5.69 Å². The third-order valence-corrected chi connectivity index (χ3v) is 6.75. The van der Waals surface area contributed by atoms with Gasteiger partial charge in [-0.15, -0.1) is 11.8 Å². The van der Waals surface area contributed by atoms with Crippen LogP contribution in [-0.4, -0.2) is 37.9 Å². The number of hydrogen-bond donors (Lipinski definition) is 1. The van der Waals surface area contributed by atoms with Gasteiger partial charge in [-0.1, -0.05) is 58.0 Å². The monoisotopic (exact) mass is 440 g/mol. The minimum atomic E-state index is 0.190. The van der Waals surface area contributed by atoms with Crippen molar-refractivity contribution in [1.82, 2.24) is 5.32 Å². The van der Waals surface area contributed by atoms with Crippen LogP contribution in [0.15, 0.2) is 47.4 Å². The van der Waals surface area contributed by atoms with E-state index in [9.17, 15) is 4.79 Å². The lowest BCUT2D eigenvalue weighted by molar-refractivity contribution is -0.118. The summed E-state index contributed by atoms with van der Waals surface area (Å²) in [4.78, 5) is 16.0. The molecular formula is C26H36N2O2S. The number of thioether (sulfide) groups is 1. The summed E-state index contributed by atoms with van der Waals surface area (Å²) in [6, 6.07) is 14.7. The molecule has 1 aliphatic heterocycles. The summed E-state index contributed by atoms with van der Waals surface area (Å²) in [5, 5.41) is 3.38. The Labute approximate surface area is 191 Å². The summed E-state index contributed by atoms with van der Waals surface area (Å²) >= 11 is 1.84. The molecule has 168 valence electrons. The molecule has 1 heterocycles. The molecule has 2 aromatic rings. The maximum atomic E-state index is 12.9. The summed E-state index contributed by atoms with van der Waals surface area (Å²) in [5.41, 5.74) is 3.59. The molecule has 0 aromatic heterocycles. The fraction of sp³-hybridized carbons (Fsp3) is 0.500. The van der Waals surface area contributed by atoms with Crippen molar-refractivity contribution in [2.45, 2.75) is 57.3 Å². The maximum absolute atomic E-state index is 12.9. The normalized spacial score (nSPS) is 13.9. The summed E-state index contributed by atoms with van der Waals surface area (Å²) in [6.07, 6.45) is 1.53. The highest BCUT2D eigenvalue weighted by atomic mass is 32.2. The third kappa shape index (κ3) is 6.27. The van der Waals surface area contributed by atoms with Gasteiger partial charge in [0.1, 0.15) is 12.4 Å². The number of carbonyl (C=O) groups is 1. The van der Waals surface area contributed by atoms with Crippen molar-refractivity contribution in [3.05, 3.63) is 53.6 Å². The predicted molar refractivity (Wildman–Crippen MR) is 132 cm³/mol. The quantitative estimate of drug-likeness (QED) is 0.499. The molecule has 4 nitrogen and oxygen atoms in total. The highest BCUT2D eigenvalue weighted by Crippen LogP contribution is 2.35. The largest absolute Gasteiger partial charge is 0.492 e. The average molecular weight is 441 g/mol. The number of para-hydroxylation sites is 2. The molecule has 0 saturated carbocycles. The van der Waals surface area contributed by atoms with Crippen LogP contribution in [-0.2, 0) is 4.79 Å². The molecule has 0 spiro atoms. The first kappa shape index (κ1) is 23.7. The van der Waals surface area contributed by atoms with Crippen LogP contribution >= 0.6 is 11.8 Å². The van der Waals surface area contributed by atoms with E-state index in [-0.39, 0.29) is 5.91 Å². The molecule has 0 fully saturated rings. The van der Waals surface area contributed by atoms with Crippen LogP contribution in [0.3, 0.4) is 0 Å². The van der Waals surface area contributed by atoms with E-state index in [4.69, 9.17) is 4.74 Å². The number of benzene rings is 2. The summed E-state index contributed by atoms with van der Waals surface area (Å²) in [7, 11) is 0. The summed E-state index contributed by atoms with van der Waals surface area (Å²) in [6.45, 7) is 11.6. The molecule has 1 amide bonds. The first-order chi connectivity index (χ1) is 15.0. The van der Waals surface area contributed by atoms with Crippen LogP contribution in [0.4, 0.5) is 5.69 Å². The van der Waals surface area contributed by atoms with Crippen molar-refractivity contribution in [3.63, 3.8) is 0 Å². The molecule has 31 heavy (non-hydrogen) atoms. The summed E-state index contributed by atoms with van der Waals surface area (Å²) in [5.74, 6) is 3.13. The van der Waals surface area contributed by atoms with Gasteiger partial charge in [0.2, 0.25) is 5.91 Å². The van der Waals surface area contributed by atoms with Crippen LogP contribution in [0.2, 0.25) is 0 Å². The van der Waals surface area contributed by atoms with E-state index in [1.165, 1.54) is 16.0 Å². The van der Waals surface area contributed by atoms with Crippen molar-refractivity contribution in [2.24, 2.45) is 0 Å². The first-order valence-electron chi connectivity index (χ1n) is 11.5. The number of fused-ring (bicyclic) bond motifs is 1. The molecule has 0 atom stereocenters. The van der Waals surface area contributed by atoms with Crippen molar-refractivity contribution in [2.75, 3.05) is 36.9 Å². The Balaban J connectivity index is 1.48. The maximum Gasteiger partial charge on any atom is 0.228 e. The number of nitrogens with zero attached hydrogens (tertiary/aromatic N) is 1. The van der Waals surface area contributed by atoms with Crippen LogP contribution in [0.1, 0.15) is 63.5 Å². The van der Waals surface area contributed by atoms with Gasteiger partial charge in [-0.2, -0.15) is 0 Å². The zero-order valence-electron chi connectivity index (χ0n) is 19.3. The number of carbonyl (C=O) groups excluding carboxylic acids is 1. The molecule has 0 saturated heterocycles. The zero-order chi connectivity index (χ0) is 22.2. The number of nitrogens with one attached hydrogen (secondary N) is 1. The van der Waals surface area contributed by atoms with E-state index >= 15 is 0 Å². The Morgan fingerprint density at radius 1 is 1.03 bits per heavy atom. The smallest absolute Gasteiger partial charge is 0.228 e. The molecule has 0 bridgehead atoms. The van der Waals surface area contributed by atoms with E-state index in [2.05, 4.69) is 63.3 Å². The second-order valence-corrected chi connectivity index (χ2v) is 9.78. The van der Waals surface area contributed by atoms with Crippen molar-refractivity contribution in [1.29, 1.82) is 0 Å². The fourth-order valence-corrected chi connectivity index (χ4v) is 4.91. The molecule has 0 radical (unpaired) electrons. The second kappa shape index (κ2) is 11.6. The number of anilines is 1. The van der Waals surface area contributed by atoms with Gasteiger partial charge in [-0.05, 0) is 47.3 Å². The standard InChI is InChI=1S/C26H36N2O2S/c1-19(2)21-9-7-10-22(20(3)4)26(21)30-17-15-27-14-13-25(29)28-16-8-18-31-24-12-6-5-11-23(24)28/h5-7,9-12,19-20,27H,8,13-18H2,1-4H3. The van der Waals surface area contributed by atoms with Crippen molar-refractivity contribution in [3.8, 4) is 5.75 Å². The van der Waals surface area contributed by atoms with Crippen LogP contribution in [0.25, 0.3) is 0 Å². The Morgan fingerprint density at radius 2 is 1.74 bits per heavy atom. The van der Waals surface area contributed by atoms with Crippen LogP contribution < -0.4 is 15.0 Å². The highest BCUT2D eigenvalue weighted by Gasteiger charge is 2.20. The number of rotatable bonds is 9. The molecule has 0 aliphatic carbocycles. The third-order valence-electron chi connectivity index (χ3n) is 5.60. The SMILES string of the molecule is CC(C)c1cccc(C(C)C)c1OCCNCCC(=O)N1CCCSc2ccccc21. The van der Waals surface area contributed by atoms with E-state index in [1.54, 1.807) is 0 Å². The van der Waals surface area contributed by atoms with Crippen LogP contribution in [0.5, 0.6) is 5.75 Å². The molecular weight excluding hydrogens is 404 g/mol. The van der Waals surface area contributed by atoms with Gasteiger partial charge >= 0.3 is 0 Å². The van der Waals surface area contributed by atoms with Gasteiger partial charge in [-0.3, -0.25) is 4.79 Å². The number of ether oxygens (including phenoxy) is 1. The van der Waals surface area contributed by atoms with Gasteiger partial charge in [0.15, 0.2) is 0 Å².